The van der Waals surface area contributed by atoms with Crippen molar-refractivity contribution in [3.05, 3.63) is 71.4 Å². The predicted molar refractivity (Wildman–Crippen MR) is 111 cm³/mol. The summed E-state index contributed by atoms with van der Waals surface area (Å²) in [5.41, 5.74) is 5.69. The maximum Gasteiger partial charge on any atom is 0.0815 e. The fourth-order valence-electron chi connectivity index (χ4n) is 2.75. The van der Waals surface area contributed by atoms with Crippen LogP contribution in [0.5, 0.6) is 0 Å². The average molecular weight is 363 g/mol. The molecule has 1 aromatic carbocycles. The van der Waals surface area contributed by atoms with E-state index in [0.717, 1.165) is 11.4 Å². The Morgan fingerprint density at radius 1 is 0.720 bits per heavy atom. The van der Waals surface area contributed by atoms with Gasteiger partial charge < -0.3 is 4.90 Å². The third-order valence-electron chi connectivity index (χ3n) is 4.09. The van der Waals surface area contributed by atoms with Gasteiger partial charge in [-0.15, -0.1) is 22.7 Å². The summed E-state index contributed by atoms with van der Waals surface area (Å²) in [5.74, 6) is 0. The van der Waals surface area contributed by atoms with Crippen LogP contribution in [0.25, 0.3) is 32.3 Å². The topological polar surface area (TPSA) is 16.1 Å². The quantitative estimate of drug-likeness (QED) is 0.425. The monoisotopic (exact) mass is 362 g/mol. The van der Waals surface area contributed by atoms with E-state index in [2.05, 4.69) is 90.4 Å². The Hall–Kier alpha value is -2.43. The van der Waals surface area contributed by atoms with Crippen molar-refractivity contribution in [3.8, 4) is 32.3 Å². The van der Waals surface area contributed by atoms with Gasteiger partial charge >= 0.3 is 0 Å². The highest BCUT2D eigenvalue weighted by atomic mass is 32.1. The lowest BCUT2D eigenvalue weighted by Gasteiger charge is -2.13. The van der Waals surface area contributed by atoms with Gasteiger partial charge in [-0.1, -0.05) is 24.3 Å². The van der Waals surface area contributed by atoms with E-state index >= 15 is 0 Å². The van der Waals surface area contributed by atoms with Crippen LogP contribution < -0.4 is 4.90 Å². The molecule has 0 atom stereocenters. The normalized spacial score (nSPS) is 10.8. The first-order chi connectivity index (χ1) is 12.2. The average Bonchev–Trinajstić information content (AvgIpc) is 3.35. The molecule has 0 saturated carbocycles. The van der Waals surface area contributed by atoms with Crippen molar-refractivity contribution in [2.75, 3.05) is 19.0 Å². The molecule has 0 radical (unpaired) electrons. The first kappa shape index (κ1) is 16.1. The molecule has 3 heterocycles. The summed E-state index contributed by atoms with van der Waals surface area (Å²) < 4.78 is 0. The van der Waals surface area contributed by atoms with E-state index in [9.17, 15) is 0 Å². The molecule has 2 nitrogen and oxygen atoms in total. The van der Waals surface area contributed by atoms with Crippen LogP contribution in [0.15, 0.2) is 71.4 Å². The van der Waals surface area contributed by atoms with Crippen LogP contribution >= 0.6 is 22.7 Å². The lowest BCUT2D eigenvalue weighted by Crippen LogP contribution is -2.07. The SMILES string of the molecule is CN(C)c1ccc(-c2cc(-c3cccs3)nc(-c3cccs3)c2)cc1. The van der Waals surface area contributed by atoms with Crippen molar-refractivity contribution in [1.29, 1.82) is 0 Å². The lowest BCUT2D eigenvalue weighted by atomic mass is 10.0. The molecule has 0 saturated heterocycles. The minimum Gasteiger partial charge on any atom is -0.378 e. The van der Waals surface area contributed by atoms with Gasteiger partial charge in [-0.3, -0.25) is 0 Å². The van der Waals surface area contributed by atoms with Crippen LogP contribution in [0.1, 0.15) is 0 Å². The molecule has 0 unspecified atom stereocenters. The molecule has 0 aliphatic heterocycles. The fourth-order valence-corrected chi connectivity index (χ4v) is 4.12. The number of aromatic nitrogens is 1. The minimum atomic E-state index is 1.03. The first-order valence-electron chi connectivity index (χ1n) is 8.08. The first-order valence-corrected chi connectivity index (χ1v) is 9.84. The van der Waals surface area contributed by atoms with Crippen molar-refractivity contribution < 1.29 is 0 Å². The molecular formula is C21H18N2S2. The Morgan fingerprint density at radius 3 is 1.72 bits per heavy atom. The van der Waals surface area contributed by atoms with Crippen LogP contribution in [0.2, 0.25) is 0 Å². The number of nitrogens with zero attached hydrogens (tertiary/aromatic N) is 2. The van der Waals surface area contributed by atoms with Crippen LogP contribution in [-0.2, 0) is 0 Å². The second kappa shape index (κ2) is 6.82. The molecule has 0 spiro atoms. The van der Waals surface area contributed by atoms with Crippen LogP contribution in [0.4, 0.5) is 5.69 Å². The van der Waals surface area contributed by atoms with E-state index in [0.29, 0.717) is 0 Å². The zero-order valence-electron chi connectivity index (χ0n) is 14.1. The van der Waals surface area contributed by atoms with Crippen molar-refractivity contribution in [3.63, 3.8) is 0 Å². The molecule has 0 aliphatic rings. The van der Waals surface area contributed by atoms with Crippen molar-refractivity contribution >= 4 is 28.4 Å². The van der Waals surface area contributed by atoms with E-state index in [-0.39, 0.29) is 0 Å². The maximum absolute atomic E-state index is 4.90. The van der Waals surface area contributed by atoms with Gasteiger partial charge in [-0.05, 0) is 58.3 Å². The molecule has 4 aromatic rings. The molecule has 0 fully saturated rings. The van der Waals surface area contributed by atoms with Gasteiger partial charge in [0.25, 0.3) is 0 Å². The second-order valence-corrected chi connectivity index (χ2v) is 7.92. The summed E-state index contributed by atoms with van der Waals surface area (Å²) in [6.45, 7) is 0. The molecule has 124 valence electrons. The largest absolute Gasteiger partial charge is 0.378 e. The maximum atomic E-state index is 4.90. The lowest BCUT2D eigenvalue weighted by molar-refractivity contribution is 1.13. The molecule has 25 heavy (non-hydrogen) atoms. The number of anilines is 1. The molecule has 0 aliphatic carbocycles. The molecule has 0 bridgehead atoms. The van der Waals surface area contributed by atoms with Gasteiger partial charge in [0.05, 0.1) is 21.1 Å². The van der Waals surface area contributed by atoms with E-state index in [4.69, 9.17) is 4.98 Å². The van der Waals surface area contributed by atoms with Crippen LogP contribution in [0.3, 0.4) is 0 Å². The summed E-state index contributed by atoms with van der Waals surface area (Å²) in [6, 6.07) is 21.5. The van der Waals surface area contributed by atoms with Gasteiger partial charge in [0.2, 0.25) is 0 Å². The Labute approximate surface area is 156 Å². The van der Waals surface area contributed by atoms with E-state index in [1.165, 1.54) is 26.6 Å². The van der Waals surface area contributed by atoms with Crippen molar-refractivity contribution in [1.82, 2.24) is 4.98 Å². The number of hydrogen-bond acceptors (Lipinski definition) is 4. The molecule has 0 amide bonds. The van der Waals surface area contributed by atoms with Gasteiger partial charge in [0.15, 0.2) is 0 Å². The summed E-state index contributed by atoms with van der Waals surface area (Å²) in [5, 5.41) is 4.20. The number of benzene rings is 1. The van der Waals surface area contributed by atoms with E-state index in [1.807, 2.05) is 0 Å². The zero-order valence-corrected chi connectivity index (χ0v) is 15.8. The minimum absolute atomic E-state index is 1.03. The van der Waals surface area contributed by atoms with E-state index < -0.39 is 0 Å². The van der Waals surface area contributed by atoms with Crippen LogP contribution in [-0.4, -0.2) is 19.1 Å². The summed E-state index contributed by atoms with van der Waals surface area (Å²) in [6.07, 6.45) is 0. The molecular weight excluding hydrogens is 344 g/mol. The third kappa shape index (κ3) is 3.36. The highest BCUT2D eigenvalue weighted by molar-refractivity contribution is 7.13. The van der Waals surface area contributed by atoms with Crippen molar-refractivity contribution in [2.24, 2.45) is 0 Å². The highest BCUT2D eigenvalue weighted by Gasteiger charge is 2.10. The smallest absolute Gasteiger partial charge is 0.0815 e. The van der Waals surface area contributed by atoms with Gasteiger partial charge in [0, 0.05) is 19.8 Å². The summed E-state index contributed by atoms with van der Waals surface area (Å²) >= 11 is 3.45. The standard InChI is InChI=1S/C21H18N2S2/c1-23(2)17-9-7-15(8-10-17)16-13-18(20-5-3-11-24-20)22-19(14-16)21-6-4-12-25-21/h3-14H,1-2H3. The van der Waals surface area contributed by atoms with Crippen LogP contribution in [0, 0.1) is 0 Å². The van der Waals surface area contributed by atoms with Gasteiger partial charge in [-0.25, -0.2) is 4.98 Å². The zero-order chi connectivity index (χ0) is 17.2. The Morgan fingerprint density at radius 2 is 1.28 bits per heavy atom. The molecule has 4 rings (SSSR count). The predicted octanol–water partition coefficient (Wildman–Crippen LogP) is 6.27. The Kier molecular flexibility index (Phi) is 4.38. The fraction of sp³-hybridized carbons (Fsp3) is 0.0952. The molecule has 4 heteroatoms. The Balaban J connectivity index is 1.83. The highest BCUT2D eigenvalue weighted by Crippen LogP contribution is 2.33. The summed E-state index contributed by atoms with van der Waals surface area (Å²) in [7, 11) is 4.12. The number of pyridine rings is 1. The number of rotatable bonds is 4. The number of thiophene rings is 2. The second-order valence-electron chi connectivity index (χ2n) is 6.02. The molecule has 3 aromatic heterocycles. The van der Waals surface area contributed by atoms with Gasteiger partial charge in [-0.2, -0.15) is 0 Å². The van der Waals surface area contributed by atoms with Crippen molar-refractivity contribution in [2.45, 2.75) is 0 Å². The van der Waals surface area contributed by atoms with Gasteiger partial charge in [0.1, 0.15) is 0 Å². The summed E-state index contributed by atoms with van der Waals surface area (Å²) in [4.78, 5) is 9.42. The Bertz CT molecular complexity index is 901. The van der Waals surface area contributed by atoms with E-state index in [1.54, 1.807) is 22.7 Å². The molecule has 0 N–H and O–H groups in total. The third-order valence-corrected chi connectivity index (χ3v) is 5.87. The number of hydrogen-bond donors (Lipinski definition) is 0.